The number of rotatable bonds is 4. The smallest absolute Gasteiger partial charge is 0.185 e. The van der Waals surface area contributed by atoms with Crippen molar-refractivity contribution in [1.29, 1.82) is 0 Å². The van der Waals surface area contributed by atoms with Gasteiger partial charge in [0.05, 0.1) is 0 Å². The zero-order chi connectivity index (χ0) is 16.8. The maximum atomic E-state index is 12.3. The van der Waals surface area contributed by atoms with Crippen LogP contribution < -0.4 is 5.32 Å². The van der Waals surface area contributed by atoms with Crippen molar-refractivity contribution in [2.75, 3.05) is 17.6 Å². The first-order chi connectivity index (χ1) is 11.7. The number of amidine groups is 1. The highest BCUT2D eigenvalue weighted by Crippen LogP contribution is 2.17. The van der Waals surface area contributed by atoms with Crippen molar-refractivity contribution in [1.82, 2.24) is 0 Å². The standard InChI is InChI=1S/C19H17BrN2OS/c20-16-4-1-3-14(13-16)5-10-18(23)15-6-8-17(9-7-15)22-19-21-11-2-12-24-19/h1,3-10,13H,2,11-12H2,(H,21,22). The molecule has 2 aromatic rings. The molecule has 1 heterocycles. The third-order valence-corrected chi connectivity index (χ3v) is 4.98. The number of thioether (sulfide) groups is 1. The molecule has 3 nitrogen and oxygen atoms in total. The number of allylic oxidation sites excluding steroid dienone is 1. The summed E-state index contributed by atoms with van der Waals surface area (Å²) in [5.41, 5.74) is 2.61. The van der Waals surface area contributed by atoms with Gasteiger partial charge in [-0.05, 0) is 54.5 Å². The lowest BCUT2D eigenvalue weighted by Crippen LogP contribution is -2.13. The van der Waals surface area contributed by atoms with E-state index in [0.717, 1.165) is 39.6 Å². The van der Waals surface area contributed by atoms with Crippen molar-refractivity contribution in [3.8, 4) is 0 Å². The van der Waals surface area contributed by atoms with E-state index in [1.807, 2.05) is 54.6 Å². The van der Waals surface area contributed by atoms with E-state index in [0.29, 0.717) is 5.56 Å². The quantitative estimate of drug-likeness (QED) is 0.562. The molecule has 0 saturated heterocycles. The predicted molar refractivity (Wildman–Crippen MR) is 107 cm³/mol. The van der Waals surface area contributed by atoms with Crippen molar-refractivity contribution in [3.63, 3.8) is 0 Å². The number of hydrogen-bond donors (Lipinski definition) is 1. The monoisotopic (exact) mass is 400 g/mol. The minimum absolute atomic E-state index is 0.00842. The Morgan fingerprint density at radius 3 is 2.75 bits per heavy atom. The van der Waals surface area contributed by atoms with Crippen molar-refractivity contribution in [2.24, 2.45) is 4.99 Å². The Kier molecular flexibility index (Phi) is 5.88. The van der Waals surface area contributed by atoms with E-state index < -0.39 is 0 Å². The number of carbonyl (C=O) groups is 1. The van der Waals surface area contributed by atoms with Crippen LogP contribution >= 0.6 is 27.7 Å². The first-order valence-electron chi connectivity index (χ1n) is 7.73. The molecule has 3 rings (SSSR count). The summed E-state index contributed by atoms with van der Waals surface area (Å²) in [6.45, 7) is 0.881. The number of hydrogen-bond acceptors (Lipinski definition) is 4. The number of aliphatic imine (C=N–C) groups is 1. The van der Waals surface area contributed by atoms with Crippen LogP contribution in [-0.2, 0) is 0 Å². The molecule has 0 saturated carbocycles. The molecule has 0 unspecified atom stereocenters. The Balaban J connectivity index is 1.64. The summed E-state index contributed by atoms with van der Waals surface area (Å²) in [5.74, 6) is 1.09. The lowest BCUT2D eigenvalue weighted by molar-refractivity contribution is 0.104. The second-order valence-corrected chi connectivity index (χ2v) is 7.34. The SMILES string of the molecule is O=C(C=Cc1cccc(Br)c1)c1ccc(NC2=NCCCS2)cc1. The van der Waals surface area contributed by atoms with Crippen molar-refractivity contribution in [2.45, 2.75) is 6.42 Å². The van der Waals surface area contributed by atoms with Crippen LogP contribution in [-0.4, -0.2) is 23.2 Å². The van der Waals surface area contributed by atoms with Gasteiger partial charge in [-0.25, -0.2) is 0 Å². The average Bonchev–Trinajstić information content (AvgIpc) is 2.61. The third-order valence-electron chi connectivity index (χ3n) is 3.49. The van der Waals surface area contributed by atoms with Gasteiger partial charge in [0.25, 0.3) is 0 Å². The minimum Gasteiger partial charge on any atom is -0.335 e. The number of ketones is 1. The molecule has 0 radical (unpaired) electrons. The van der Waals surface area contributed by atoms with E-state index in [2.05, 4.69) is 26.2 Å². The normalized spacial score (nSPS) is 14.5. The molecule has 0 fully saturated rings. The first kappa shape index (κ1) is 17.0. The van der Waals surface area contributed by atoms with Crippen LogP contribution in [0.2, 0.25) is 0 Å². The zero-order valence-corrected chi connectivity index (χ0v) is 15.4. The van der Waals surface area contributed by atoms with Gasteiger partial charge >= 0.3 is 0 Å². The Morgan fingerprint density at radius 1 is 1.21 bits per heavy atom. The second-order valence-electron chi connectivity index (χ2n) is 5.34. The number of nitrogens with zero attached hydrogens (tertiary/aromatic N) is 1. The lowest BCUT2D eigenvalue weighted by atomic mass is 10.1. The van der Waals surface area contributed by atoms with Crippen LogP contribution in [0.15, 0.2) is 64.1 Å². The average molecular weight is 401 g/mol. The van der Waals surface area contributed by atoms with Crippen LogP contribution in [0.3, 0.4) is 0 Å². The summed E-state index contributed by atoms with van der Waals surface area (Å²) in [7, 11) is 0. The molecule has 122 valence electrons. The zero-order valence-electron chi connectivity index (χ0n) is 13.0. The van der Waals surface area contributed by atoms with E-state index in [-0.39, 0.29) is 5.78 Å². The number of carbonyl (C=O) groups excluding carboxylic acids is 1. The fraction of sp³-hybridized carbons (Fsp3) is 0.158. The van der Waals surface area contributed by atoms with Crippen LogP contribution in [0.5, 0.6) is 0 Å². The third kappa shape index (κ3) is 4.82. The molecule has 0 atom stereocenters. The molecule has 24 heavy (non-hydrogen) atoms. The van der Waals surface area contributed by atoms with E-state index in [1.54, 1.807) is 17.8 Å². The Hall–Kier alpha value is -1.85. The van der Waals surface area contributed by atoms with Gasteiger partial charge in [-0.15, -0.1) is 0 Å². The fourth-order valence-electron chi connectivity index (χ4n) is 2.25. The van der Waals surface area contributed by atoms with Crippen LogP contribution in [0.25, 0.3) is 6.08 Å². The lowest BCUT2D eigenvalue weighted by Gasteiger charge is -2.13. The van der Waals surface area contributed by atoms with Crippen molar-refractivity contribution < 1.29 is 4.79 Å². The van der Waals surface area contributed by atoms with E-state index in [9.17, 15) is 4.79 Å². The van der Waals surface area contributed by atoms with Crippen molar-refractivity contribution >= 4 is 50.4 Å². The van der Waals surface area contributed by atoms with Crippen LogP contribution in [0.4, 0.5) is 5.69 Å². The summed E-state index contributed by atoms with van der Waals surface area (Å²) in [6.07, 6.45) is 4.56. The van der Waals surface area contributed by atoms with E-state index in [1.165, 1.54) is 0 Å². The maximum Gasteiger partial charge on any atom is 0.185 e. The van der Waals surface area contributed by atoms with Crippen molar-refractivity contribution in [3.05, 3.63) is 70.2 Å². The summed E-state index contributed by atoms with van der Waals surface area (Å²) >= 11 is 5.16. The van der Waals surface area contributed by atoms with Gasteiger partial charge in [0.2, 0.25) is 0 Å². The van der Waals surface area contributed by atoms with E-state index in [4.69, 9.17) is 0 Å². The van der Waals surface area contributed by atoms with Gasteiger partial charge in [0.15, 0.2) is 11.0 Å². The molecule has 0 bridgehead atoms. The Morgan fingerprint density at radius 2 is 2.04 bits per heavy atom. The number of nitrogens with one attached hydrogen (secondary N) is 1. The van der Waals surface area contributed by atoms with Gasteiger partial charge in [-0.3, -0.25) is 9.79 Å². The van der Waals surface area contributed by atoms with Crippen LogP contribution in [0.1, 0.15) is 22.3 Å². The maximum absolute atomic E-state index is 12.3. The molecular formula is C19H17BrN2OS. The molecule has 5 heteroatoms. The molecule has 2 aromatic carbocycles. The van der Waals surface area contributed by atoms with Gasteiger partial charge in [-0.1, -0.05) is 45.9 Å². The Labute approximate surface area is 154 Å². The van der Waals surface area contributed by atoms with Gasteiger partial charge in [0, 0.05) is 28.0 Å². The van der Waals surface area contributed by atoms with Crippen LogP contribution in [0, 0.1) is 0 Å². The fourth-order valence-corrected chi connectivity index (χ4v) is 3.51. The highest BCUT2D eigenvalue weighted by molar-refractivity contribution is 9.10. The summed E-state index contributed by atoms with van der Waals surface area (Å²) in [5, 5.41) is 4.24. The summed E-state index contributed by atoms with van der Waals surface area (Å²) in [6, 6.07) is 15.3. The molecule has 0 aliphatic carbocycles. The first-order valence-corrected chi connectivity index (χ1v) is 9.51. The second kappa shape index (κ2) is 8.31. The number of anilines is 1. The molecular weight excluding hydrogens is 384 g/mol. The van der Waals surface area contributed by atoms with Gasteiger partial charge < -0.3 is 5.32 Å². The molecule has 1 aliphatic rings. The highest BCUT2D eigenvalue weighted by Gasteiger charge is 2.07. The largest absolute Gasteiger partial charge is 0.335 e. The highest BCUT2D eigenvalue weighted by atomic mass is 79.9. The number of halogens is 1. The Bertz CT molecular complexity index is 784. The number of benzene rings is 2. The molecule has 1 N–H and O–H groups in total. The summed E-state index contributed by atoms with van der Waals surface area (Å²) in [4.78, 5) is 16.7. The van der Waals surface area contributed by atoms with Gasteiger partial charge in [-0.2, -0.15) is 0 Å². The molecule has 0 amide bonds. The molecule has 0 aromatic heterocycles. The summed E-state index contributed by atoms with van der Waals surface area (Å²) < 4.78 is 0.996. The minimum atomic E-state index is -0.00842. The predicted octanol–water partition coefficient (Wildman–Crippen LogP) is 5.25. The van der Waals surface area contributed by atoms with Gasteiger partial charge in [0.1, 0.15) is 0 Å². The topological polar surface area (TPSA) is 41.5 Å². The molecule has 0 spiro atoms. The molecule has 1 aliphatic heterocycles. The van der Waals surface area contributed by atoms with E-state index >= 15 is 0 Å².